The monoisotopic (exact) mass is 750 g/mol. The van der Waals surface area contributed by atoms with E-state index in [0.717, 1.165) is 62.3 Å². The molecule has 0 radical (unpaired) electrons. The number of thiophene rings is 1. The Labute approximate surface area is 332 Å². The predicted molar refractivity (Wildman–Crippen MR) is 239 cm³/mol. The van der Waals surface area contributed by atoms with Gasteiger partial charge < -0.3 is 14.3 Å². The average Bonchev–Trinajstić information content (AvgIpc) is 3.96. The van der Waals surface area contributed by atoms with Crippen molar-refractivity contribution in [3.63, 3.8) is 0 Å². The number of aromatic nitrogens is 1. The lowest BCUT2D eigenvalue weighted by atomic mass is 9.96. The van der Waals surface area contributed by atoms with Crippen LogP contribution in [0.4, 0.5) is 0 Å². The van der Waals surface area contributed by atoms with Gasteiger partial charge in [-0.1, -0.05) is 133 Å². The third-order valence-electron chi connectivity index (χ3n) is 11.6. The van der Waals surface area contributed by atoms with Crippen LogP contribution < -0.4 is 5.32 Å². The third kappa shape index (κ3) is 5.07. The summed E-state index contributed by atoms with van der Waals surface area (Å²) in [4.78, 5) is 10.3. The summed E-state index contributed by atoms with van der Waals surface area (Å²) < 4.78 is 11.8. The molecule has 2 unspecified atom stereocenters. The predicted octanol–water partition coefficient (Wildman–Crippen LogP) is 13.0. The van der Waals surface area contributed by atoms with Crippen LogP contribution in [0.15, 0.2) is 190 Å². The van der Waals surface area contributed by atoms with Gasteiger partial charge in [-0.2, -0.15) is 0 Å². The Bertz CT molecular complexity index is 3320. The molecule has 1 N–H and O–H groups in total. The number of nitrogens with one attached hydrogen (secondary N) is 1. The molecule has 270 valence electrons. The summed E-state index contributed by atoms with van der Waals surface area (Å²) >= 11 is 1.85. The molecule has 1 aliphatic carbocycles. The smallest absolute Gasteiger partial charge is 0.159 e. The lowest BCUT2D eigenvalue weighted by Crippen LogP contribution is -2.43. The van der Waals surface area contributed by atoms with Crippen LogP contribution in [0, 0.1) is 5.92 Å². The normalized spacial score (nSPS) is 16.9. The van der Waals surface area contributed by atoms with E-state index < -0.39 is 0 Å². The van der Waals surface area contributed by atoms with Gasteiger partial charge in [-0.3, -0.25) is 0 Å². The number of allylic oxidation sites excluding steroid dienone is 3. The number of amidine groups is 2. The topological polar surface area (TPSA) is 54.8 Å². The fourth-order valence-electron chi connectivity index (χ4n) is 8.99. The van der Waals surface area contributed by atoms with E-state index in [1.54, 1.807) is 0 Å². The molecule has 10 aromatic rings. The highest BCUT2D eigenvalue weighted by atomic mass is 32.1. The zero-order valence-corrected chi connectivity index (χ0v) is 31.6. The maximum atomic E-state index is 6.80. The highest BCUT2D eigenvalue weighted by Crippen LogP contribution is 2.44. The van der Waals surface area contributed by atoms with E-state index in [0.29, 0.717) is 0 Å². The van der Waals surface area contributed by atoms with Gasteiger partial charge >= 0.3 is 0 Å². The largest absolute Gasteiger partial charge is 0.455 e. The van der Waals surface area contributed by atoms with E-state index in [-0.39, 0.29) is 12.1 Å². The first-order valence-corrected chi connectivity index (χ1v) is 20.3. The molecule has 0 fully saturated rings. The molecule has 57 heavy (non-hydrogen) atoms. The van der Waals surface area contributed by atoms with Gasteiger partial charge in [0, 0.05) is 53.2 Å². The molecule has 4 heterocycles. The van der Waals surface area contributed by atoms with E-state index in [4.69, 9.17) is 14.4 Å². The van der Waals surface area contributed by atoms with Crippen molar-refractivity contribution >= 4 is 86.9 Å². The fourth-order valence-corrected chi connectivity index (χ4v) is 10.2. The van der Waals surface area contributed by atoms with Crippen molar-refractivity contribution in [2.24, 2.45) is 15.9 Å². The Morgan fingerprint density at radius 3 is 2.19 bits per heavy atom. The van der Waals surface area contributed by atoms with Crippen molar-refractivity contribution in [1.82, 2.24) is 9.88 Å². The number of fused-ring (bicyclic) bond motifs is 9. The molecule has 2 aliphatic rings. The summed E-state index contributed by atoms with van der Waals surface area (Å²) in [6.45, 7) is 0. The minimum atomic E-state index is -0.160. The standard InChI is InChI=1S/C51H34N4OS/c1-3-14-31(15-4-1)49-52-50(32-16-5-2-6-17-32)54-51(53-49)39-22-11-21-38-46-34(20-12-26-43(46)56-48(38)39)33-28-29-37-45(30-33)57-44-27-13-25-42(47(37)44)55-40-23-9-7-18-35(40)36-19-8-10-24-41(36)55/h1-16,18-30,32,50H,17H2,(H,52,53,54). The summed E-state index contributed by atoms with van der Waals surface area (Å²) in [5, 5.41) is 11.0. The molecule has 3 aromatic heterocycles. The number of para-hydroxylation sites is 3. The molecule has 2 atom stereocenters. The van der Waals surface area contributed by atoms with Crippen molar-refractivity contribution < 1.29 is 4.42 Å². The van der Waals surface area contributed by atoms with E-state index in [1.807, 2.05) is 29.5 Å². The van der Waals surface area contributed by atoms with Crippen molar-refractivity contribution in [2.45, 2.75) is 12.6 Å². The number of nitrogens with zero attached hydrogens (tertiary/aromatic N) is 3. The Balaban J connectivity index is 0.997. The van der Waals surface area contributed by atoms with Gasteiger partial charge in [0.15, 0.2) is 5.84 Å². The highest BCUT2D eigenvalue weighted by Gasteiger charge is 2.28. The quantitative estimate of drug-likeness (QED) is 0.190. The van der Waals surface area contributed by atoms with Crippen molar-refractivity contribution in [3.05, 3.63) is 187 Å². The zero-order valence-electron chi connectivity index (χ0n) is 30.8. The summed E-state index contributed by atoms with van der Waals surface area (Å²) in [6.07, 6.45) is 9.41. The van der Waals surface area contributed by atoms with Crippen LogP contribution in [0.5, 0.6) is 0 Å². The summed E-state index contributed by atoms with van der Waals surface area (Å²) in [6, 6.07) is 54.2. The van der Waals surface area contributed by atoms with Crippen molar-refractivity contribution in [1.29, 1.82) is 0 Å². The lowest BCUT2D eigenvalue weighted by molar-refractivity contribution is 0.475. The second kappa shape index (κ2) is 12.8. The van der Waals surface area contributed by atoms with Crippen molar-refractivity contribution in [2.75, 3.05) is 0 Å². The molecule has 0 spiro atoms. The van der Waals surface area contributed by atoms with E-state index in [2.05, 4.69) is 168 Å². The molecule has 12 rings (SSSR count). The number of aliphatic imine (C=N–C) groups is 2. The zero-order chi connectivity index (χ0) is 37.5. The molecule has 6 heteroatoms. The second-order valence-corrected chi connectivity index (χ2v) is 16.0. The minimum Gasteiger partial charge on any atom is -0.455 e. The molecule has 0 bridgehead atoms. The maximum Gasteiger partial charge on any atom is 0.159 e. The number of furan rings is 1. The van der Waals surface area contributed by atoms with Crippen LogP contribution >= 0.6 is 11.3 Å². The van der Waals surface area contributed by atoms with Crippen LogP contribution in [0.25, 0.3) is 80.7 Å². The SMILES string of the molecule is C1=CCC(C2N=C(c3ccccc3)N=C(c3cccc4c3oc3cccc(-c5ccc6c(c5)sc5cccc(-n7c8ccccc8c8ccccc87)c56)c34)N2)C=C1. The average molecular weight is 751 g/mol. The first kappa shape index (κ1) is 32.2. The summed E-state index contributed by atoms with van der Waals surface area (Å²) in [5.74, 6) is 1.71. The maximum absolute atomic E-state index is 6.80. The van der Waals surface area contributed by atoms with Gasteiger partial charge in [0.25, 0.3) is 0 Å². The minimum absolute atomic E-state index is 0.160. The molecule has 0 saturated heterocycles. The second-order valence-electron chi connectivity index (χ2n) is 14.9. The Morgan fingerprint density at radius 2 is 1.37 bits per heavy atom. The van der Waals surface area contributed by atoms with Gasteiger partial charge in [-0.05, 0) is 60.0 Å². The molecule has 0 saturated carbocycles. The van der Waals surface area contributed by atoms with Crippen LogP contribution in [-0.4, -0.2) is 22.4 Å². The first-order valence-electron chi connectivity index (χ1n) is 19.5. The number of benzene rings is 7. The van der Waals surface area contributed by atoms with Gasteiger partial charge in [-0.25, -0.2) is 9.98 Å². The van der Waals surface area contributed by atoms with Crippen LogP contribution in [0.1, 0.15) is 17.5 Å². The van der Waals surface area contributed by atoms with Crippen LogP contribution in [0.3, 0.4) is 0 Å². The summed E-state index contributed by atoms with van der Waals surface area (Å²) in [5.41, 5.74) is 9.54. The Morgan fingerprint density at radius 1 is 0.614 bits per heavy atom. The molecule has 5 nitrogen and oxygen atoms in total. The number of hydrogen-bond donors (Lipinski definition) is 1. The highest BCUT2D eigenvalue weighted by molar-refractivity contribution is 7.26. The fraction of sp³-hybridized carbons (Fsp3) is 0.0588. The third-order valence-corrected chi connectivity index (χ3v) is 12.7. The molecule has 0 amide bonds. The van der Waals surface area contributed by atoms with Crippen molar-refractivity contribution in [3.8, 4) is 16.8 Å². The lowest BCUT2D eigenvalue weighted by Gasteiger charge is -2.28. The van der Waals surface area contributed by atoms with E-state index in [9.17, 15) is 0 Å². The Hall–Kier alpha value is -7.02. The van der Waals surface area contributed by atoms with E-state index in [1.165, 1.54) is 47.7 Å². The van der Waals surface area contributed by atoms with Gasteiger partial charge in [0.1, 0.15) is 23.2 Å². The first-order chi connectivity index (χ1) is 28.3. The Kier molecular flexibility index (Phi) is 7.22. The number of hydrogen-bond acceptors (Lipinski definition) is 5. The molecule has 7 aromatic carbocycles. The molecule has 1 aliphatic heterocycles. The van der Waals surface area contributed by atoms with Crippen LogP contribution in [0.2, 0.25) is 0 Å². The van der Waals surface area contributed by atoms with Gasteiger partial charge in [0.05, 0.1) is 22.3 Å². The van der Waals surface area contributed by atoms with E-state index >= 15 is 0 Å². The van der Waals surface area contributed by atoms with Crippen LogP contribution in [-0.2, 0) is 0 Å². The number of rotatable bonds is 5. The van der Waals surface area contributed by atoms with Gasteiger partial charge in [0.2, 0.25) is 0 Å². The van der Waals surface area contributed by atoms with Gasteiger partial charge in [-0.15, -0.1) is 11.3 Å². The molecular weight excluding hydrogens is 717 g/mol. The molecular formula is C51H34N4OS. The summed E-state index contributed by atoms with van der Waals surface area (Å²) in [7, 11) is 0.